The van der Waals surface area contributed by atoms with Gasteiger partial charge in [-0.05, 0) is 84.8 Å². The number of nitrogens with one attached hydrogen (secondary N) is 1. The van der Waals surface area contributed by atoms with Gasteiger partial charge in [-0.2, -0.15) is 0 Å². The molecule has 9 heteroatoms. The van der Waals surface area contributed by atoms with E-state index in [0.29, 0.717) is 37.1 Å². The molecule has 4 aromatic carbocycles. The second-order valence-electron chi connectivity index (χ2n) is 8.80. The minimum atomic E-state index is -0.299. The number of para-hydroxylation sites is 1. The predicted octanol–water partition coefficient (Wildman–Crippen LogP) is 7.86. The van der Waals surface area contributed by atoms with Crippen LogP contribution < -0.4 is 19.7 Å². The van der Waals surface area contributed by atoms with Crippen molar-refractivity contribution in [3.05, 3.63) is 118 Å². The van der Waals surface area contributed by atoms with Gasteiger partial charge in [-0.1, -0.05) is 72.0 Å². The maximum absolute atomic E-state index is 13.2. The highest BCUT2D eigenvalue weighted by Crippen LogP contribution is 2.37. The van der Waals surface area contributed by atoms with Crippen LogP contribution in [0.1, 0.15) is 11.1 Å². The minimum Gasteiger partial charge on any atom is -0.484 e. The molecule has 6 nitrogen and oxygen atoms in total. The zero-order valence-corrected chi connectivity index (χ0v) is 23.7. The summed E-state index contributed by atoms with van der Waals surface area (Å²) < 4.78 is 11.9. The van der Waals surface area contributed by atoms with Crippen LogP contribution in [-0.4, -0.2) is 22.7 Å². The van der Waals surface area contributed by atoms with Gasteiger partial charge in [0.1, 0.15) is 17.2 Å². The molecule has 1 aliphatic rings. The van der Waals surface area contributed by atoms with Crippen molar-refractivity contribution in [3.8, 4) is 17.2 Å². The average molecular weight is 587 g/mol. The number of rotatable bonds is 8. The van der Waals surface area contributed by atoms with E-state index >= 15 is 0 Å². The smallest absolute Gasteiger partial charge is 0.270 e. The maximum Gasteiger partial charge on any atom is 0.270 e. The summed E-state index contributed by atoms with van der Waals surface area (Å²) in [5.41, 5.74) is 3.01. The van der Waals surface area contributed by atoms with E-state index in [-0.39, 0.29) is 18.4 Å². The molecular weight excluding hydrogens is 564 g/mol. The van der Waals surface area contributed by atoms with Gasteiger partial charge in [0.05, 0.1) is 10.6 Å². The van der Waals surface area contributed by atoms with Crippen LogP contribution in [0, 0.1) is 6.92 Å². The summed E-state index contributed by atoms with van der Waals surface area (Å²) in [7, 11) is 0. The molecule has 0 aromatic heterocycles. The standard InChI is InChI=1S/C31H23ClN2O4S2/c1-20-7-10-22(18-27(20)32)33-29(35)19-37-24-13-8-21(9-14-24)17-28-30(36)34(31(39)40-28)23-11-15-26(16-12-23)38-25-5-3-2-4-6-25/h2-18H,19H2,1H3,(H,33,35)/b28-17-. The zero-order valence-electron chi connectivity index (χ0n) is 21.3. The largest absolute Gasteiger partial charge is 0.484 e. The van der Waals surface area contributed by atoms with Gasteiger partial charge in [-0.3, -0.25) is 14.5 Å². The first-order valence-corrected chi connectivity index (χ1v) is 13.9. The molecule has 4 aromatic rings. The van der Waals surface area contributed by atoms with Crippen molar-refractivity contribution < 1.29 is 19.1 Å². The number of thioether (sulfide) groups is 1. The number of nitrogens with zero attached hydrogens (tertiary/aromatic N) is 1. The number of hydrogen-bond donors (Lipinski definition) is 1. The summed E-state index contributed by atoms with van der Waals surface area (Å²) in [6.45, 7) is 1.74. The lowest BCUT2D eigenvalue weighted by Crippen LogP contribution is -2.27. The molecule has 1 saturated heterocycles. The number of ether oxygens (including phenoxy) is 2. The first-order chi connectivity index (χ1) is 19.4. The van der Waals surface area contributed by atoms with Crippen LogP contribution in [0.5, 0.6) is 17.2 Å². The molecule has 2 amide bonds. The molecule has 1 heterocycles. The SMILES string of the molecule is Cc1ccc(NC(=O)COc2ccc(/C=C3\SC(=S)N(c4ccc(Oc5ccccc5)cc4)C3=O)cc2)cc1Cl. The van der Waals surface area contributed by atoms with Crippen molar-refractivity contribution >= 4 is 69.2 Å². The maximum atomic E-state index is 13.2. The summed E-state index contributed by atoms with van der Waals surface area (Å²) in [5.74, 6) is 1.43. The van der Waals surface area contributed by atoms with Crippen LogP contribution in [0.4, 0.5) is 11.4 Å². The van der Waals surface area contributed by atoms with E-state index in [1.165, 1.54) is 16.7 Å². The number of halogens is 1. The van der Waals surface area contributed by atoms with Crippen molar-refractivity contribution in [3.63, 3.8) is 0 Å². The van der Waals surface area contributed by atoms with Crippen LogP contribution in [0.2, 0.25) is 5.02 Å². The fourth-order valence-corrected chi connectivity index (χ4v) is 5.29. The first kappa shape index (κ1) is 27.5. The molecule has 0 radical (unpaired) electrons. The third kappa shape index (κ3) is 6.71. The molecule has 1 N–H and O–H groups in total. The summed E-state index contributed by atoms with van der Waals surface area (Å²) in [6.07, 6.45) is 1.78. The molecule has 0 bridgehead atoms. The summed E-state index contributed by atoms with van der Waals surface area (Å²) in [6, 6.07) is 29.1. The first-order valence-electron chi connectivity index (χ1n) is 12.3. The number of amides is 2. The number of carbonyl (C=O) groups excluding carboxylic acids is 2. The second-order valence-corrected chi connectivity index (χ2v) is 10.9. The third-order valence-electron chi connectivity index (χ3n) is 5.87. The van der Waals surface area contributed by atoms with Gasteiger partial charge in [0.25, 0.3) is 11.8 Å². The lowest BCUT2D eigenvalue weighted by atomic mass is 10.2. The molecule has 200 valence electrons. The Labute approximate surface area is 246 Å². The molecule has 1 fully saturated rings. The van der Waals surface area contributed by atoms with Crippen LogP contribution in [0.15, 0.2) is 102 Å². The molecule has 5 rings (SSSR count). The van der Waals surface area contributed by atoms with Gasteiger partial charge in [0.15, 0.2) is 10.9 Å². The Morgan fingerprint density at radius 1 is 0.950 bits per heavy atom. The van der Waals surface area contributed by atoms with E-state index in [1.807, 2.05) is 67.6 Å². The number of aryl methyl sites for hydroxylation is 1. The Morgan fingerprint density at radius 3 is 2.33 bits per heavy atom. The number of carbonyl (C=O) groups is 2. The van der Waals surface area contributed by atoms with E-state index in [2.05, 4.69) is 5.32 Å². The summed E-state index contributed by atoms with van der Waals surface area (Å²) >= 11 is 12.9. The number of thiocarbonyl (C=S) groups is 1. The van der Waals surface area contributed by atoms with Gasteiger partial charge in [-0.25, -0.2) is 0 Å². The topological polar surface area (TPSA) is 67.9 Å². The van der Waals surface area contributed by atoms with E-state index in [1.54, 1.807) is 42.5 Å². The monoisotopic (exact) mass is 586 g/mol. The van der Waals surface area contributed by atoms with Crippen molar-refractivity contribution in [1.29, 1.82) is 0 Å². The molecule has 1 aliphatic heterocycles. The van der Waals surface area contributed by atoms with Crippen molar-refractivity contribution in [2.75, 3.05) is 16.8 Å². The normalized spacial score (nSPS) is 13.9. The molecule has 0 spiro atoms. The summed E-state index contributed by atoms with van der Waals surface area (Å²) in [5, 5.41) is 3.34. The molecule has 0 aliphatic carbocycles. The van der Waals surface area contributed by atoms with Gasteiger partial charge >= 0.3 is 0 Å². The van der Waals surface area contributed by atoms with Gasteiger partial charge < -0.3 is 14.8 Å². The van der Waals surface area contributed by atoms with Crippen molar-refractivity contribution in [2.45, 2.75) is 6.92 Å². The second kappa shape index (κ2) is 12.4. The minimum absolute atomic E-state index is 0.154. The molecule has 0 atom stereocenters. The molecule has 0 unspecified atom stereocenters. The van der Waals surface area contributed by atoms with E-state index in [4.69, 9.17) is 33.3 Å². The number of anilines is 2. The Balaban J connectivity index is 1.18. The van der Waals surface area contributed by atoms with Gasteiger partial charge in [0, 0.05) is 10.7 Å². The lowest BCUT2D eigenvalue weighted by Gasteiger charge is -2.15. The van der Waals surface area contributed by atoms with Crippen LogP contribution in [0.25, 0.3) is 6.08 Å². The van der Waals surface area contributed by atoms with E-state index in [0.717, 1.165) is 16.9 Å². The Morgan fingerprint density at radius 2 is 1.62 bits per heavy atom. The highest BCUT2D eigenvalue weighted by molar-refractivity contribution is 8.27. The average Bonchev–Trinajstić information content (AvgIpc) is 3.23. The van der Waals surface area contributed by atoms with E-state index in [9.17, 15) is 9.59 Å². The van der Waals surface area contributed by atoms with Crippen molar-refractivity contribution in [1.82, 2.24) is 0 Å². The zero-order chi connectivity index (χ0) is 28.1. The summed E-state index contributed by atoms with van der Waals surface area (Å²) in [4.78, 5) is 27.4. The quantitative estimate of drug-likeness (QED) is 0.167. The highest BCUT2D eigenvalue weighted by atomic mass is 35.5. The molecular formula is C31H23ClN2O4S2. The Kier molecular flexibility index (Phi) is 8.50. The third-order valence-corrected chi connectivity index (χ3v) is 7.58. The van der Waals surface area contributed by atoms with Gasteiger partial charge in [-0.15, -0.1) is 0 Å². The number of hydrogen-bond acceptors (Lipinski definition) is 6. The molecule has 0 saturated carbocycles. The fraction of sp³-hybridized carbons (Fsp3) is 0.0645. The van der Waals surface area contributed by atoms with Gasteiger partial charge in [0.2, 0.25) is 0 Å². The van der Waals surface area contributed by atoms with Crippen LogP contribution >= 0.6 is 35.6 Å². The Hall–Kier alpha value is -4.11. The molecule has 40 heavy (non-hydrogen) atoms. The number of benzene rings is 4. The van der Waals surface area contributed by atoms with Crippen LogP contribution in [-0.2, 0) is 9.59 Å². The fourth-order valence-electron chi connectivity index (χ4n) is 3.81. The predicted molar refractivity (Wildman–Crippen MR) is 165 cm³/mol. The lowest BCUT2D eigenvalue weighted by molar-refractivity contribution is -0.118. The van der Waals surface area contributed by atoms with E-state index < -0.39 is 0 Å². The Bertz CT molecular complexity index is 1590. The van der Waals surface area contributed by atoms with Crippen LogP contribution in [0.3, 0.4) is 0 Å². The van der Waals surface area contributed by atoms with Crippen molar-refractivity contribution in [2.24, 2.45) is 0 Å². The highest BCUT2D eigenvalue weighted by Gasteiger charge is 2.33.